The Bertz CT molecular complexity index is 2300. The molecule has 2 aliphatic heterocycles. The van der Waals surface area contributed by atoms with E-state index in [0.717, 1.165) is 43.4 Å². The van der Waals surface area contributed by atoms with Crippen LogP contribution in [0.15, 0.2) is 24.3 Å². The van der Waals surface area contributed by atoms with Gasteiger partial charge in [0.2, 0.25) is 76.8 Å². The van der Waals surface area contributed by atoms with E-state index in [0.29, 0.717) is 24.3 Å². The molecule has 2 fully saturated rings. The van der Waals surface area contributed by atoms with Crippen LogP contribution in [-0.4, -0.2) is 142 Å². The van der Waals surface area contributed by atoms with E-state index in [-0.39, 0.29) is 38.0 Å². The molecule has 1 aromatic rings. The number of amides is 13. The van der Waals surface area contributed by atoms with Gasteiger partial charge in [0, 0.05) is 31.8 Å². The Morgan fingerprint density at radius 2 is 1.00 bits per heavy atom. The molecule has 0 saturated carbocycles. The zero-order chi connectivity index (χ0) is 57.4. The van der Waals surface area contributed by atoms with Crippen molar-refractivity contribution in [2.45, 2.75) is 184 Å². The van der Waals surface area contributed by atoms with Crippen LogP contribution in [0.2, 0.25) is 0 Å². The van der Waals surface area contributed by atoms with Gasteiger partial charge in [0.05, 0.1) is 25.7 Å². The second-order valence-electron chi connectivity index (χ2n) is 19.8. The van der Waals surface area contributed by atoms with Gasteiger partial charge in [0.15, 0.2) is 0 Å². The zero-order valence-electron chi connectivity index (χ0n) is 43.7. The summed E-state index contributed by atoms with van der Waals surface area (Å²) in [6.45, 7) is 4.21. The third-order valence-electron chi connectivity index (χ3n) is 13.3. The largest absolute Gasteiger partial charge is 0.508 e. The fourth-order valence-corrected chi connectivity index (χ4v) is 8.92. The van der Waals surface area contributed by atoms with E-state index < -0.39 is 170 Å². The van der Waals surface area contributed by atoms with Gasteiger partial charge in [-0.3, -0.25) is 62.3 Å². The SMILES string of the molecule is CCC(C)CCCCCCCCC1CC(=O)N[C@H](CC(N)=O)C(=O)N[C@H](Cc2ccc(O)cc2)C(=O)N[C@@H](CC(N)=O)C(=O)N[C@@H](CCC(N)=O)C(=O)N2CCC[C@H]2C(=O)N[C@@H](CC(N)=O)C(=O)N[C@@H](CC(N)=O)C(=O)N1. The summed E-state index contributed by atoms with van der Waals surface area (Å²) in [5.41, 5.74) is 27.7. The third-order valence-corrected chi connectivity index (χ3v) is 13.3. The van der Waals surface area contributed by atoms with Gasteiger partial charge in [0.1, 0.15) is 48.0 Å². The van der Waals surface area contributed by atoms with E-state index >= 15 is 0 Å². The number of nitrogens with zero attached hydrogens (tertiary/aromatic N) is 1. The van der Waals surface area contributed by atoms with E-state index in [9.17, 15) is 67.4 Å². The molecule has 27 nitrogen and oxygen atoms in total. The van der Waals surface area contributed by atoms with Crippen LogP contribution in [0.4, 0.5) is 0 Å². The molecule has 0 aliphatic carbocycles. The molecule has 426 valence electrons. The van der Waals surface area contributed by atoms with Crippen molar-refractivity contribution in [2.24, 2.45) is 34.6 Å². The Morgan fingerprint density at radius 3 is 1.51 bits per heavy atom. The molecule has 0 bridgehead atoms. The molecule has 1 aromatic carbocycles. The Kier molecular flexibility index (Phi) is 26.3. The van der Waals surface area contributed by atoms with E-state index in [1.54, 1.807) is 0 Å². The standard InChI is InChI=1S/C50H77N13O14/c1-3-27(2)11-8-6-4-5-7-9-12-29-22-43(70)57-33(23-39(52)66)46(73)59-32(21-28-14-16-30(64)17-15-28)45(72)61-35(25-41(54)68)47(74)58-31(18-19-38(51)65)50(77)63-20-10-13-37(63)49(76)62-36(26-42(55)69)48(75)60-34(24-40(53)67)44(71)56-29/h14-17,27,29,31-37,64H,3-13,18-26H2,1-2H3,(H2,51,65)(H2,52,66)(H2,53,67)(H2,54,68)(H2,55,69)(H,56,71)(H,57,70)(H,58,74)(H,59,73)(H,60,75)(H,61,72)(H,62,76)/t27?,29?,31-,32+,33+,34-,35-,36-,37-/m0/s1. The predicted octanol–water partition coefficient (Wildman–Crippen LogP) is -3.34. The molecule has 13 amide bonds. The molecule has 2 heterocycles. The third kappa shape index (κ3) is 22.9. The van der Waals surface area contributed by atoms with Crippen LogP contribution in [0.3, 0.4) is 0 Å². The second-order valence-corrected chi connectivity index (χ2v) is 19.8. The summed E-state index contributed by atoms with van der Waals surface area (Å²) >= 11 is 0. The van der Waals surface area contributed by atoms with Crippen LogP contribution in [0.5, 0.6) is 5.75 Å². The molecular weight excluding hydrogens is 1010 g/mol. The van der Waals surface area contributed by atoms with Crippen LogP contribution in [0.25, 0.3) is 0 Å². The number of carbonyl (C=O) groups is 13. The highest BCUT2D eigenvalue weighted by molar-refractivity contribution is 6.00. The number of rotatable bonds is 23. The van der Waals surface area contributed by atoms with Gasteiger partial charge in [-0.15, -0.1) is 0 Å². The number of unbranched alkanes of at least 4 members (excludes halogenated alkanes) is 5. The quantitative estimate of drug-likeness (QED) is 0.0477. The van der Waals surface area contributed by atoms with Crippen molar-refractivity contribution in [3.8, 4) is 5.75 Å². The molecule has 3 rings (SSSR count). The molecule has 2 unspecified atom stereocenters. The van der Waals surface area contributed by atoms with Gasteiger partial charge in [0.25, 0.3) is 0 Å². The normalized spacial score (nSPS) is 23.9. The Balaban J connectivity index is 2.16. The predicted molar refractivity (Wildman–Crippen MR) is 275 cm³/mol. The van der Waals surface area contributed by atoms with Gasteiger partial charge in [-0.2, -0.15) is 0 Å². The summed E-state index contributed by atoms with van der Waals surface area (Å²) in [5.74, 6) is -13.3. The summed E-state index contributed by atoms with van der Waals surface area (Å²) in [5, 5.41) is 26.9. The first-order valence-electron chi connectivity index (χ1n) is 26.0. The van der Waals surface area contributed by atoms with Crippen molar-refractivity contribution in [2.75, 3.05) is 6.54 Å². The Hall–Kier alpha value is -7.87. The van der Waals surface area contributed by atoms with Crippen molar-refractivity contribution in [1.29, 1.82) is 0 Å². The molecule has 77 heavy (non-hydrogen) atoms. The maximum Gasteiger partial charge on any atom is 0.245 e. The van der Waals surface area contributed by atoms with E-state index in [1.165, 1.54) is 24.3 Å². The molecule has 0 radical (unpaired) electrons. The highest BCUT2D eigenvalue weighted by Gasteiger charge is 2.41. The van der Waals surface area contributed by atoms with E-state index in [4.69, 9.17) is 28.7 Å². The minimum absolute atomic E-state index is 0.0202. The topological polar surface area (TPSA) is 460 Å². The summed E-state index contributed by atoms with van der Waals surface area (Å²) in [6.07, 6.45) is 2.16. The maximum atomic E-state index is 14.3. The average molecular weight is 1080 g/mol. The molecule has 0 aromatic heterocycles. The van der Waals surface area contributed by atoms with Gasteiger partial charge in [-0.25, -0.2) is 0 Å². The zero-order valence-corrected chi connectivity index (χ0v) is 43.7. The van der Waals surface area contributed by atoms with E-state index in [1.807, 2.05) is 0 Å². The number of primary amides is 5. The van der Waals surface area contributed by atoms with Crippen LogP contribution >= 0.6 is 0 Å². The van der Waals surface area contributed by atoms with Gasteiger partial charge in [-0.1, -0.05) is 77.3 Å². The van der Waals surface area contributed by atoms with Crippen molar-refractivity contribution in [3.63, 3.8) is 0 Å². The highest BCUT2D eigenvalue weighted by atomic mass is 16.3. The molecule has 2 saturated heterocycles. The summed E-state index contributed by atoms with van der Waals surface area (Å²) < 4.78 is 0. The number of phenolic OH excluding ortho intramolecular Hbond substituents is 1. The lowest BCUT2D eigenvalue weighted by Crippen LogP contribution is -2.60. The molecule has 2 aliphatic rings. The van der Waals surface area contributed by atoms with Crippen LogP contribution in [0.1, 0.15) is 135 Å². The lowest BCUT2D eigenvalue weighted by Gasteiger charge is -2.31. The van der Waals surface area contributed by atoms with Crippen molar-refractivity contribution in [3.05, 3.63) is 29.8 Å². The molecule has 0 spiro atoms. The van der Waals surface area contributed by atoms with Gasteiger partial charge in [-0.05, 0) is 49.3 Å². The number of benzene rings is 1. The molecule has 18 N–H and O–H groups in total. The van der Waals surface area contributed by atoms with E-state index in [2.05, 4.69) is 51.1 Å². The summed E-state index contributed by atoms with van der Waals surface area (Å²) in [6, 6.07) is -7.63. The van der Waals surface area contributed by atoms with Crippen molar-refractivity contribution < 1.29 is 67.4 Å². The first kappa shape index (κ1) is 63.4. The number of carbonyl (C=O) groups excluding carboxylic acids is 13. The number of hydrogen-bond acceptors (Lipinski definition) is 14. The molecular formula is C50H77N13O14. The smallest absolute Gasteiger partial charge is 0.245 e. The lowest BCUT2D eigenvalue weighted by atomic mass is 9.99. The fraction of sp³-hybridized carbons (Fsp3) is 0.620. The van der Waals surface area contributed by atoms with Gasteiger partial charge < -0.3 is 75.9 Å². The lowest BCUT2D eigenvalue weighted by molar-refractivity contribution is -0.143. The van der Waals surface area contributed by atoms with Crippen LogP contribution < -0.4 is 65.9 Å². The first-order valence-corrected chi connectivity index (χ1v) is 26.0. The highest BCUT2D eigenvalue weighted by Crippen LogP contribution is 2.21. The van der Waals surface area contributed by atoms with Crippen molar-refractivity contribution in [1.82, 2.24) is 42.1 Å². The second kappa shape index (κ2) is 31.9. The van der Waals surface area contributed by atoms with Crippen LogP contribution in [-0.2, 0) is 68.7 Å². The number of fused-ring (bicyclic) bond motifs is 1. The van der Waals surface area contributed by atoms with Crippen LogP contribution in [0, 0.1) is 5.92 Å². The Labute approximate surface area is 446 Å². The molecule has 9 atom stereocenters. The molecule has 27 heteroatoms. The minimum atomic E-state index is -1.87. The fourth-order valence-electron chi connectivity index (χ4n) is 8.92. The monoisotopic (exact) mass is 1080 g/mol. The number of aromatic hydroxyl groups is 1. The number of hydrogen-bond donors (Lipinski definition) is 13. The van der Waals surface area contributed by atoms with Gasteiger partial charge >= 0.3 is 0 Å². The Morgan fingerprint density at radius 1 is 0.558 bits per heavy atom. The maximum absolute atomic E-state index is 14.3. The average Bonchev–Trinajstić information content (AvgIpc) is 3.85. The summed E-state index contributed by atoms with van der Waals surface area (Å²) in [7, 11) is 0. The minimum Gasteiger partial charge on any atom is -0.508 e. The number of nitrogens with two attached hydrogens (primary N) is 5. The number of nitrogens with one attached hydrogen (secondary N) is 7. The van der Waals surface area contributed by atoms with Crippen molar-refractivity contribution >= 4 is 76.8 Å². The first-order chi connectivity index (χ1) is 36.4. The number of phenols is 1. The summed E-state index contributed by atoms with van der Waals surface area (Å²) in [4.78, 5) is 175.